The molecule has 0 aliphatic carbocycles. The van der Waals surface area contributed by atoms with E-state index in [-0.39, 0.29) is 5.78 Å². The molecule has 0 aliphatic rings. The smallest absolute Gasteiger partial charge is 0.173 e. The lowest BCUT2D eigenvalue weighted by Gasteiger charge is -2.27. The molecule has 0 fully saturated rings. The lowest BCUT2D eigenvalue weighted by atomic mass is 9.74. The third kappa shape index (κ3) is 2.98. The van der Waals surface area contributed by atoms with E-state index in [1.165, 1.54) is 0 Å². The first-order valence-corrected chi connectivity index (χ1v) is 7.38. The number of methoxy groups -OCH3 is 2. The number of benzene rings is 2. The van der Waals surface area contributed by atoms with Crippen LogP contribution in [0.5, 0.6) is 11.5 Å². The van der Waals surface area contributed by atoms with Crippen LogP contribution in [0.1, 0.15) is 36.2 Å². The molecule has 2 aromatic rings. The average molecular weight is 298 g/mol. The third-order valence-corrected chi connectivity index (χ3v) is 4.29. The highest BCUT2D eigenvalue weighted by Crippen LogP contribution is 2.33. The second kappa shape index (κ2) is 6.65. The summed E-state index contributed by atoms with van der Waals surface area (Å²) < 4.78 is 10.3. The molecule has 0 spiro atoms. The Labute approximate surface area is 131 Å². The first-order valence-electron chi connectivity index (χ1n) is 7.38. The normalized spacial score (nSPS) is 13.3. The molecule has 0 bridgehead atoms. The van der Waals surface area contributed by atoms with Crippen molar-refractivity contribution in [1.29, 1.82) is 0 Å². The SMILES string of the molecule is CCC(C)(C(=O)c1ccc(OC)cc1)c1ccc(OC)cc1. The highest BCUT2D eigenvalue weighted by Gasteiger charge is 2.33. The Bertz CT molecular complexity index is 629. The van der Waals surface area contributed by atoms with Crippen molar-refractivity contribution in [3.05, 3.63) is 59.7 Å². The van der Waals surface area contributed by atoms with Crippen LogP contribution in [0.3, 0.4) is 0 Å². The Morgan fingerprint density at radius 3 is 1.77 bits per heavy atom. The summed E-state index contributed by atoms with van der Waals surface area (Å²) in [7, 11) is 3.25. The molecule has 2 rings (SSSR count). The molecule has 3 nitrogen and oxygen atoms in total. The van der Waals surface area contributed by atoms with Gasteiger partial charge < -0.3 is 9.47 Å². The van der Waals surface area contributed by atoms with Gasteiger partial charge in [0.25, 0.3) is 0 Å². The number of hydrogen-bond donors (Lipinski definition) is 0. The lowest BCUT2D eigenvalue weighted by Crippen LogP contribution is -2.32. The molecule has 0 aliphatic heterocycles. The summed E-state index contributed by atoms with van der Waals surface area (Å²) in [4.78, 5) is 13.0. The molecule has 0 radical (unpaired) electrons. The van der Waals surface area contributed by atoms with Gasteiger partial charge in [0.1, 0.15) is 11.5 Å². The second-order valence-electron chi connectivity index (χ2n) is 5.47. The fraction of sp³-hybridized carbons (Fsp3) is 0.316. The van der Waals surface area contributed by atoms with E-state index in [9.17, 15) is 4.79 Å². The zero-order valence-corrected chi connectivity index (χ0v) is 13.6. The summed E-state index contributed by atoms with van der Waals surface area (Å²) in [5.74, 6) is 1.65. The Balaban J connectivity index is 2.36. The predicted molar refractivity (Wildman–Crippen MR) is 88.0 cm³/mol. The second-order valence-corrected chi connectivity index (χ2v) is 5.47. The molecule has 0 saturated heterocycles. The van der Waals surface area contributed by atoms with Gasteiger partial charge in [-0.3, -0.25) is 4.79 Å². The van der Waals surface area contributed by atoms with Gasteiger partial charge in [-0.15, -0.1) is 0 Å². The van der Waals surface area contributed by atoms with Gasteiger partial charge in [0.2, 0.25) is 0 Å². The molecule has 0 heterocycles. The van der Waals surface area contributed by atoms with Crippen molar-refractivity contribution in [1.82, 2.24) is 0 Å². The Morgan fingerprint density at radius 1 is 0.909 bits per heavy atom. The van der Waals surface area contributed by atoms with Crippen molar-refractivity contribution in [3.8, 4) is 11.5 Å². The van der Waals surface area contributed by atoms with Crippen molar-refractivity contribution in [2.75, 3.05) is 14.2 Å². The van der Waals surface area contributed by atoms with Gasteiger partial charge in [-0.05, 0) is 55.3 Å². The molecule has 3 heteroatoms. The maximum absolute atomic E-state index is 13.0. The molecule has 22 heavy (non-hydrogen) atoms. The third-order valence-electron chi connectivity index (χ3n) is 4.29. The number of carbonyl (C=O) groups excluding carboxylic acids is 1. The number of rotatable bonds is 6. The minimum atomic E-state index is -0.555. The van der Waals surface area contributed by atoms with E-state index >= 15 is 0 Å². The van der Waals surface area contributed by atoms with Gasteiger partial charge in [0.15, 0.2) is 5.78 Å². The van der Waals surface area contributed by atoms with Crippen molar-refractivity contribution in [3.63, 3.8) is 0 Å². The van der Waals surface area contributed by atoms with Crippen LogP contribution in [0.25, 0.3) is 0 Å². The molecule has 116 valence electrons. The van der Waals surface area contributed by atoms with Crippen molar-refractivity contribution >= 4 is 5.78 Å². The number of hydrogen-bond acceptors (Lipinski definition) is 3. The minimum absolute atomic E-state index is 0.114. The van der Waals surface area contributed by atoms with E-state index < -0.39 is 5.41 Å². The van der Waals surface area contributed by atoms with E-state index in [1.807, 2.05) is 62.4 Å². The molecular formula is C19H22O3. The number of Topliss-reactive ketones (excluding diaryl/α,β-unsaturated/α-hetero) is 1. The zero-order valence-electron chi connectivity index (χ0n) is 13.6. The zero-order chi connectivity index (χ0) is 16.2. The Morgan fingerprint density at radius 2 is 1.36 bits per heavy atom. The van der Waals surface area contributed by atoms with Crippen LogP contribution < -0.4 is 9.47 Å². The molecule has 0 saturated carbocycles. The highest BCUT2D eigenvalue weighted by atomic mass is 16.5. The standard InChI is InChI=1S/C19H22O3/c1-5-19(2,15-8-12-17(22-4)13-9-15)18(20)14-6-10-16(21-3)11-7-14/h6-13H,5H2,1-4H3. The predicted octanol–water partition coefficient (Wildman–Crippen LogP) is 4.25. The topological polar surface area (TPSA) is 35.5 Å². The maximum Gasteiger partial charge on any atom is 0.173 e. The minimum Gasteiger partial charge on any atom is -0.497 e. The first kappa shape index (κ1) is 16.1. The van der Waals surface area contributed by atoms with Crippen LogP contribution in [-0.4, -0.2) is 20.0 Å². The molecular weight excluding hydrogens is 276 g/mol. The molecule has 0 N–H and O–H groups in total. The van der Waals surface area contributed by atoms with Crippen LogP contribution in [0.15, 0.2) is 48.5 Å². The van der Waals surface area contributed by atoms with E-state index in [0.717, 1.165) is 23.5 Å². The van der Waals surface area contributed by atoms with Crippen molar-refractivity contribution in [2.45, 2.75) is 25.7 Å². The average Bonchev–Trinajstić information content (AvgIpc) is 2.60. The number of ketones is 1. The fourth-order valence-corrected chi connectivity index (χ4v) is 2.52. The van der Waals surface area contributed by atoms with Crippen LogP contribution in [0.2, 0.25) is 0 Å². The molecule has 0 aromatic heterocycles. The Kier molecular flexibility index (Phi) is 4.86. The summed E-state index contributed by atoms with van der Waals surface area (Å²) in [5, 5.41) is 0. The van der Waals surface area contributed by atoms with E-state index in [0.29, 0.717) is 5.56 Å². The van der Waals surface area contributed by atoms with E-state index in [2.05, 4.69) is 0 Å². The Hall–Kier alpha value is -2.29. The van der Waals surface area contributed by atoms with Gasteiger partial charge >= 0.3 is 0 Å². The van der Waals surface area contributed by atoms with Crippen molar-refractivity contribution < 1.29 is 14.3 Å². The fourth-order valence-electron chi connectivity index (χ4n) is 2.52. The number of carbonyl (C=O) groups is 1. The molecule has 1 unspecified atom stereocenters. The maximum atomic E-state index is 13.0. The summed E-state index contributed by atoms with van der Waals surface area (Å²) in [6.45, 7) is 4.02. The first-order chi connectivity index (χ1) is 10.5. The van der Waals surface area contributed by atoms with E-state index in [1.54, 1.807) is 14.2 Å². The van der Waals surface area contributed by atoms with Crippen LogP contribution in [-0.2, 0) is 5.41 Å². The van der Waals surface area contributed by atoms with Gasteiger partial charge in [0.05, 0.1) is 19.6 Å². The number of ether oxygens (including phenoxy) is 2. The van der Waals surface area contributed by atoms with Gasteiger partial charge in [-0.25, -0.2) is 0 Å². The lowest BCUT2D eigenvalue weighted by molar-refractivity contribution is 0.0892. The van der Waals surface area contributed by atoms with E-state index in [4.69, 9.17) is 9.47 Å². The molecule has 1 atom stereocenters. The summed E-state index contributed by atoms with van der Waals surface area (Å²) in [6, 6.07) is 15.0. The summed E-state index contributed by atoms with van der Waals surface area (Å²) in [6.07, 6.45) is 0.726. The van der Waals surface area contributed by atoms with Crippen LogP contribution >= 0.6 is 0 Å². The van der Waals surface area contributed by atoms with Crippen LogP contribution in [0, 0.1) is 0 Å². The van der Waals surface area contributed by atoms with Crippen LogP contribution in [0.4, 0.5) is 0 Å². The largest absolute Gasteiger partial charge is 0.497 e. The monoisotopic (exact) mass is 298 g/mol. The van der Waals surface area contributed by atoms with Gasteiger partial charge in [-0.2, -0.15) is 0 Å². The van der Waals surface area contributed by atoms with Gasteiger partial charge in [0, 0.05) is 5.56 Å². The summed E-state index contributed by atoms with van der Waals surface area (Å²) in [5.41, 5.74) is 1.14. The molecule has 2 aromatic carbocycles. The van der Waals surface area contributed by atoms with Gasteiger partial charge in [-0.1, -0.05) is 19.1 Å². The highest BCUT2D eigenvalue weighted by molar-refractivity contribution is 6.03. The molecule has 0 amide bonds. The quantitative estimate of drug-likeness (QED) is 0.748. The summed E-state index contributed by atoms with van der Waals surface area (Å²) >= 11 is 0. The van der Waals surface area contributed by atoms with Crippen molar-refractivity contribution in [2.24, 2.45) is 0 Å².